The van der Waals surface area contributed by atoms with Gasteiger partial charge in [0.05, 0.1) is 24.3 Å². The molecule has 14 heavy (non-hydrogen) atoms. The van der Waals surface area contributed by atoms with E-state index in [-0.39, 0.29) is 11.2 Å². The zero-order valence-corrected chi connectivity index (χ0v) is 9.09. The summed E-state index contributed by atoms with van der Waals surface area (Å²) in [6, 6.07) is 0. The molecule has 2 unspecified atom stereocenters. The molecule has 79 valence electrons. The highest BCUT2D eigenvalue weighted by molar-refractivity contribution is 5.37. The van der Waals surface area contributed by atoms with Crippen LogP contribution in [0.5, 0.6) is 0 Å². The van der Waals surface area contributed by atoms with Crippen LogP contribution in [-0.2, 0) is 14.7 Å². The van der Waals surface area contributed by atoms with Crippen LogP contribution in [0, 0.1) is 0 Å². The van der Waals surface area contributed by atoms with Crippen LogP contribution in [-0.4, -0.2) is 40.6 Å². The van der Waals surface area contributed by atoms with Crippen LogP contribution in [0.15, 0.2) is 0 Å². The lowest BCUT2D eigenvalue weighted by Gasteiger charge is -2.31. The van der Waals surface area contributed by atoms with E-state index in [0.29, 0.717) is 13.2 Å². The van der Waals surface area contributed by atoms with Gasteiger partial charge in [-0.3, -0.25) is 0 Å². The number of rotatable bonds is 0. The van der Waals surface area contributed by atoms with E-state index in [2.05, 4.69) is 0 Å². The summed E-state index contributed by atoms with van der Waals surface area (Å²) >= 11 is 0. The van der Waals surface area contributed by atoms with Crippen molar-refractivity contribution in [2.45, 2.75) is 50.0 Å². The summed E-state index contributed by atoms with van der Waals surface area (Å²) in [6.45, 7) is 9.11. The molecule has 0 aromatic carbocycles. The third-order valence-corrected chi connectivity index (χ3v) is 4.51. The summed E-state index contributed by atoms with van der Waals surface area (Å²) in [7, 11) is 0. The minimum absolute atomic E-state index is 0.356. The van der Waals surface area contributed by atoms with Crippen LogP contribution in [0.2, 0.25) is 0 Å². The Morgan fingerprint density at radius 3 is 1.43 bits per heavy atom. The van der Waals surface area contributed by atoms with Crippen molar-refractivity contribution in [2.75, 3.05) is 13.2 Å². The normalized spacial score (nSPS) is 52.9. The molecule has 2 atom stereocenters. The third kappa shape index (κ3) is 0.583. The van der Waals surface area contributed by atoms with Crippen LogP contribution < -0.4 is 0 Å². The second kappa shape index (κ2) is 1.89. The van der Waals surface area contributed by atoms with Crippen molar-refractivity contribution in [1.82, 2.24) is 5.06 Å². The van der Waals surface area contributed by atoms with Gasteiger partial charge in [0.2, 0.25) is 0 Å². The van der Waals surface area contributed by atoms with Gasteiger partial charge < -0.3 is 9.47 Å². The first-order valence-corrected chi connectivity index (χ1v) is 5.07. The molecule has 3 fully saturated rings. The monoisotopic (exact) mass is 198 g/mol. The molecule has 4 heteroatoms. The van der Waals surface area contributed by atoms with Gasteiger partial charge in [-0.2, -0.15) is 0 Å². The molecule has 0 aromatic rings. The van der Waals surface area contributed by atoms with Crippen molar-refractivity contribution in [3.05, 3.63) is 0 Å². The largest absolute Gasteiger partial charge is 0.364 e. The number of fused-ring (bicyclic) bond motifs is 1. The van der Waals surface area contributed by atoms with Crippen molar-refractivity contribution in [3.8, 4) is 0 Å². The molecule has 0 N–H and O–H groups in total. The summed E-state index contributed by atoms with van der Waals surface area (Å²) < 4.78 is 11.2. The molecule has 2 spiro atoms. The fourth-order valence-corrected chi connectivity index (χ4v) is 3.33. The summed E-state index contributed by atoms with van der Waals surface area (Å²) in [5, 5.41) is 13.4. The predicted octanol–water partition coefficient (Wildman–Crippen LogP) is 0.743. The predicted molar refractivity (Wildman–Crippen MR) is 48.0 cm³/mol. The maximum absolute atomic E-state index is 12.2. The van der Waals surface area contributed by atoms with E-state index < -0.39 is 11.1 Å². The van der Waals surface area contributed by atoms with Crippen LogP contribution in [0.25, 0.3) is 0 Å². The van der Waals surface area contributed by atoms with E-state index in [1.807, 2.05) is 27.7 Å². The quantitative estimate of drug-likeness (QED) is 0.539. The van der Waals surface area contributed by atoms with Crippen molar-refractivity contribution in [3.63, 3.8) is 0 Å². The number of hydrogen-bond donors (Lipinski definition) is 0. The first-order chi connectivity index (χ1) is 6.32. The Labute approximate surface area is 83.7 Å². The molecule has 0 saturated carbocycles. The third-order valence-electron chi connectivity index (χ3n) is 4.51. The smallest absolute Gasteiger partial charge is 0.145 e. The minimum atomic E-state index is -0.479. The maximum Gasteiger partial charge on any atom is 0.145 e. The lowest BCUT2D eigenvalue weighted by Crippen LogP contribution is -2.48. The van der Waals surface area contributed by atoms with Gasteiger partial charge in [-0.15, -0.1) is 10.3 Å². The second-order valence-corrected chi connectivity index (χ2v) is 5.64. The summed E-state index contributed by atoms with van der Waals surface area (Å²) in [5.74, 6) is 0. The Morgan fingerprint density at radius 2 is 1.21 bits per heavy atom. The molecule has 0 bridgehead atoms. The number of ether oxygens (including phenoxy) is 2. The number of nitrogens with zero attached hydrogens (tertiary/aromatic N) is 1. The Bertz CT molecular complexity index is 272. The summed E-state index contributed by atoms with van der Waals surface area (Å²) in [6.07, 6.45) is 0. The highest BCUT2D eigenvalue weighted by atomic mass is 16.7. The van der Waals surface area contributed by atoms with Gasteiger partial charge in [0.1, 0.15) is 11.2 Å². The first-order valence-electron chi connectivity index (χ1n) is 5.07. The van der Waals surface area contributed by atoms with Gasteiger partial charge in [0.15, 0.2) is 0 Å². The van der Waals surface area contributed by atoms with Crippen molar-refractivity contribution in [2.24, 2.45) is 0 Å². The van der Waals surface area contributed by atoms with Crippen molar-refractivity contribution >= 4 is 0 Å². The van der Waals surface area contributed by atoms with E-state index in [0.717, 1.165) is 0 Å². The van der Waals surface area contributed by atoms with Gasteiger partial charge in [-0.1, -0.05) is 0 Å². The molecule has 3 aliphatic heterocycles. The van der Waals surface area contributed by atoms with E-state index in [1.165, 1.54) is 5.06 Å². The van der Waals surface area contributed by atoms with E-state index in [9.17, 15) is 5.21 Å². The van der Waals surface area contributed by atoms with Gasteiger partial charge >= 0.3 is 0 Å². The minimum Gasteiger partial charge on any atom is -0.364 e. The molecular weight excluding hydrogens is 182 g/mol. The Morgan fingerprint density at radius 1 is 0.929 bits per heavy atom. The van der Waals surface area contributed by atoms with E-state index >= 15 is 0 Å². The molecular formula is C10H16NO3. The van der Waals surface area contributed by atoms with Crippen LogP contribution in [0.4, 0.5) is 0 Å². The molecule has 0 amide bonds. The highest BCUT2D eigenvalue weighted by Crippen LogP contribution is 2.67. The van der Waals surface area contributed by atoms with Crippen molar-refractivity contribution < 1.29 is 14.7 Å². The average Bonchev–Trinajstić information content (AvgIpc) is 2.90. The molecule has 4 nitrogen and oxygen atoms in total. The zero-order chi connectivity index (χ0) is 10.4. The standard InChI is InChI=1S/C10H16NO3/c1-7(2)9(5-13-9)10(6-14-10)8(3,4)11(7)12/h5-6H2,1-4H3. The van der Waals surface area contributed by atoms with Gasteiger partial charge in [0, 0.05) is 0 Å². The molecule has 3 rings (SSSR count). The molecule has 3 aliphatic rings. The van der Waals surface area contributed by atoms with Crippen LogP contribution >= 0.6 is 0 Å². The lowest BCUT2D eigenvalue weighted by molar-refractivity contribution is -0.252. The fourth-order valence-electron chi connectivity index (χ4n) is 3.33. The average molecular weight is 198 g/mol. The van der Waals surface area contributed by atoms with Gasteiger partial charge in [0.25, 0.3) is 0 Å². The zero-order valence-electron chi connectivity index (χ0n) is 9.09. The highest BCUT2D eigenvalue weighted by Gasteiger charge is 2.88. The van der Waals surface area contributed by atoms with Gasteiger partial charge in [-0.25, -0.2) is 0 Å². The first kappa shape index (κ1) is 9.09. The molecule has 0 aromatic heterocycles. The Kier molecular flexibility index (Phi) is 1.23. The molecule has 1 radical (unpaired) electrons. The number of hydroxylamine groups is 2. The molecule has 3 saturated heterocycles. The number of hydrogen-bond acceptors (Lipinski definition) is 3. The fraction of sp³-hybridized carbons (Fsp3) is 1.00. The summed E-state index contributed by atoms with van der Waals surface area (Å²) in [5.41, 5.74) is -1.67. The Hall–Kier alpha value is -0.160. The number of epoxide rings is 2. The van der Waals surface area contributed by atoms with E-state index in [1.54, 1.807) is 0 Å². The van der Waals surface area contributed by atoms with E-state index in [4.69, 9.17) is 9.47 Å². The maximum atomic E-state index is 12.2. The van der Waals surface area contributed by atoms with Crippen LogP contribution in [0.3, 0.4) is 0 Å². The SMILES string of the molecule is CC1(C)N([O])C(C)(C)C2(CO2)C12CO2. The topological polar surface area (TPSA) is 48.2 Å². The molecule has 0 aliphatic carbocycles. The van der Waals surface area contributed by atoms with Gasteiger partial charge in [-0.05, 0) is 27.7 Å². The lowest BCUT2D eigenvalue weighted by atomic mass is 9.77. The van der Waals surface area contributed by atoms with Crippen molar-refractivity contribution in [1.29, 1.82) is 0 Å². The summed E-state index contributed by atoms with van der Waals surface area (Å²) in [4.78, 5) is 0. The second-order valence-electron chi connectivity index (χ2n) is 5.64. The molecule has 3 heterocycles. The van der Waals surface area contributed by atoms with Crippen LogP contribution in [0.1, 0.15) is 27.7 Å². The Balaban J connectivity index is 2.16.